The fourth-order valence-corrected chi connectivity index (χ4v) is 3.50. The van der Waals surface area contributed by atoms with Crippen LogP contribution >= 0.6 is 23.5 Å². The number of hydrogen-bond acceptors (Lipinski definition) is 5. The van der Waals surface area contributed by atoms with E-state index in [4.69, 9.17) is 22.0 Å². The third-order valence-corrected chi connectivity index (χ3v) is 5.99. The van der Waals surface area contributed by atoms with Crippen molar-refractivity contribution in [2.45, 2.75) is 12.8 Å². The Balaban J connectivity index is 3.57. The lowest BCUT2D eigenvalue weighted by molar-refractivity contribution is 0.932. The van der Waals surface area contributed by atoms with Crippen LogP contribution in [-0.2, 0) is 20.6 Å². The largest absolute Gasteiger partial charge is 0.373 e. The molecule has 118 valence electrons. The molecule has 4 nitrogen and oxygen atoms in total. The van der Waals surface area contributed by atoms with Crippen LogP contribution in [0.4, 0.5) is 0 Å². The average Bonchev–Trinajstić information content (AvgIpc) is 2.43. The van der Waals surface area contributed by atoms with Crippen LogP contribution in [0.3, 0.4) is 0 Å². The molecule has 0 radical (unpaired) electrons. The van der Waals surface area contributed by atoms with Gasteiger partial charge in [0.2, 0.25) is 0 Å². The fraction of sp³-hybridized carbons (Fsp3) is 0.833. The van der Waals surface area contributed by atoms with Crippen molar-refractivity contribution in [1.82, 2.24) is 10.6 Å². The van der Waals surface area contributed by atoms with E-state index in [1.54, 1.807) is 23.5 Å². The van der Waals surface area contributed by atoms with Crippen molar-refractivity contribution in [2.75, 3.05) is 48.6 Å². The summed E-state index contributed by atoms with van der Waals surface area (Å²) in [5.41, 5.74) is 0. The van der Waals surface area contributed by atoms with Crippen LogP contribution in [-0.4, -0.2) is 60.3 Å². The van der Waals surface area contributed by atoms with E-state index >= 15 is 0 Å². The lowest BCUT2D eigenvalue weighted by atomic mass is 10.4. The lowest BCUT2D eigenvalue weighted by Crippen LogP contribution is -2.28. The quantitative estimate of drug-likeness (QED) is 0.244. The summed E-state index contributed by atoms with van der Waals surface area (Å²) < 4.78 is 0. The van der Waals surface area contributed by atoms with Gasteiger partial charge in [-0.2, -0.15) is 23.5 Å². The van der Waals surface area contributed by atoms with Crippen LogP contribution in [0.5, 0.6) is 0 Å². The number of nitrogens with one attached hydrogen (secondary N) is 4. The standard InChI is InChI=1S/C12H26N4S4/c1-18-7-5-15-11(13)3-9-20(17)10-4-12(14)16-6-8-19-2/h3-10H2,1-2H3,(H2,13,15)(H2,14,16). The maximum atomic E-state index is 7.77. The third kappa shape index (κ3) is 13.2. The van der Waals surface area contributed by atoms with E-state index in [9.17, 15) is 0 Å². The summed E-state index contributed by atoms with van der Waals surface area (Å²) >= 11 is 8.97. The highest BCUT2D eigenvalue weighted by molar-refractivity contribution is 8.28. The van der Waals surface area contributed by atoms with Gasteiger partial charge in [-0.1, -0.05) is 11.2 Å². The molecule has 0 atom stereocenters. The first kappa shape index (κ1) is 20.2. The molecule has 0 aliphatic heterocycles. The molecule has 0 amide bonds. The second-order valence-corrected chi connectivity index (χ2v) is 9.23. The summed E-state index contributed by atoms with van der Waals surface area (Å²) in [5, 5.41) is 21.7. The van der Waals surface area contributed by atoms with Crippen LogP contribution in [0.1, 0.15) is 12.8 Å². The Kier molecular flexibility index (Phi) is 14.3. The maximum absolute atomic E-state index is 7.77. The zero-order valence-corrected chi connectivity index (χ0v) is 15.6. The Morgan fingerprint density at radius 2 is 1.35 bits per heavy atom. The molecular formula is C12H26N4S4. The smallest absolute Gasteiger partial charge is 0.0940 e. The number of rotatable bonds is 12. The van der Waals surface area contributed by atoms with Crippen molar-refractivity contribution in [1.29, 1.82) is 10.8 Å². The maximum Gasteiger partial charge on any atom is 0.0940 e. The number of thioether (sulfide) groups is 2. The van der Waals surface area contributed by atoms with Gasteiger partial charge in [0.05, 0.1) is 11.7 Å². The fourth-order valence-electron chi connectivity index (χ4n) is 1.32. The molecule has 0 aromatic heterocycles. The van der Waals surface area contributed by atoms with Gasteiger partial charge in [0.25, 0.3) is 0 Å². The molecular weight excluding hydrogens is 328 g/mol. The summed E-state index contributed by atoms with van der Waals surface area (Å²) in [5.74, 6) is 4.99. The van der Waals surface area contributed by atoms with Crippen molar-refractivity contribution in [3.63, 3.8) is 0 Å². The Bertz CT molecular complexity index is 282. The molecule has 0 aromatic carbocycles. The van der Waals surface area contributed by atoms with Gasteiger partial charge in [-0.3, -0.25) is 10.8 Å². The Morgan fingerprint density at radius 1 is 0.950 bits per heavy atom. The lowest BCUT2D eigenvalue weighted by Gasteiger charge is -2.10. The van der Waals surface area contributed by atoms with Gasteiger partial charge in [-0.25, -0.2) is 0 Å². The second kappa shape index (κ2) is 14.2. The zero-order valence-electron chi connectivity index (χ0n) is 12.3. The number of hydrogen-bond donors (Lipinski definition) is 4. The summed E-state index contributed by atoms with van der Waals surface area (Å²) in [7, 11) is -0.115. The summed E-state index contributed by atoms with van der Waals surface area (Å²) in [6.07, 6.45) is 5.59. The molecule has 0 rings (SSSR count). The summed E-state index contributed by atoms with van der Waals surface area (Å²) in [6.45, 7) is 1.71. The van der Waals surface area contributed by atoms with Crippen molar-refractivity contribution in [3.05, 3.63) is 0 Å². The van der Waals surface area contributed by atoms with E-state index in [0.717, 1.165) is 48.9 Å². The molecule has 0 fully saturated rings. The van der Waals surface area contributed by atoms with Crippen molar-refractivity contribution < 1.29 is 0 Å². The van der Waals surface area contributed by atoms with Gasteiger partial charge in [0.1, 0.15) is 0 Å². The monoisotopic (exact) mass is 354 g/mol. The van der Waals surface area contributed by atoms with Crippen LogP contribution in [0.25, 0.3) is 0 Å². The molecule has 0 heterocycles. The van der Waals surface area contributed by atoms with Crippen molar-refractivity contribution in [2.24, 2.45) is 0 Å². The highest BCUT2D eigenvalue weighted by Crippen LogP contribution is 1.95. The summed E-state index contributed by atoms with van der Waals surface area (Å²) in [6, 6.07) is 0. The van der Waals surface area contributed by atoms with Gasteiger partial charge >= 0.3 is 0 Å². The van der Waals surface area contributed by atoms with Gasteiger partial charge < -0.3 is 10.6 Å². The van der Waals surface area contributed by atoms with Crippen molar-refractivity contribution >= 4 is 55.8 Å². The SMILES string of the molecule is CSCCNC(=N)CCS(=S)CCC(=N)NCCSC. The van der Waals surface area contributed by atoms with E-state index in [0.29, 0.717) is 11.7 Å². The molecule has 0 saturated carbocycles. The van der Waals surface area contributed by atoms with E-state index < -0.39 is 0 Å². The Hall–Kier alpha value is 0.210. The van der Waals surface area contributed by atoms with Crippen molar-refractivity contribution in [3.8, 4) is 0 Å². The molecule has 0 spiro atoms. The third-order valence-electron chi connectivity index (χ3n) is 2.45. The van der Waals surface area contributed by atoms with E-state index in [-0.39, 0.29) is 9.45 Å². The Morgan fingerprint density at radius 3 is 1.70 bits per heavy atom. The molecule has 0 aromatic rings. The minimum Gasteiger partial charge on any atom is -0.373 e. The molecule has 0 aliphatic rings. The van der Waals surface area contributed by atoms with Crippen LogP contribution in [0.15, 0.2) is 0 Å². The molecule has 0 bridgehead atoms. The van der Waals surface area contributed by atoms with Gasteiger partial charge in [0, 0.05) is 48.9 Å². The minimum absolute atomic E-state index is 0.115. The molecule has 20 heavy (non-hydrogen) atoms. The van der Waals surface area contributed by atoms with E-state index in [1.807, 2.05) is 0 Å². The van der Waals surface area contributed by atoms with Gasteiger partial charge in [-0.05, 0) is 12.5 Å². The average molecular weight is 355 g/mol. The first-order chi connectivity index (χ1) is 9.60. The highest BCUT2D eigenvalue weighted by Gasteiger charge is 2.02. The predicted octanol–water partition coefficient (Wildman–Crippen LogP) is 1.71. The van der Waals surface area contributed by atoms with Crippen LogP contribution in [0.2, 0.25) is 0 Å². The normalized spacial score (nSPS) is 11.9. The molecule has 0 aliphatic carbocycles. The minimum atomic E-state index is -0.115. The Labute approximate surface area is 138 Å². The second-order valence-electron chi connectivity index (χ2n) is 4.14. The van der Waals surface area contributed by atoms with E-state index in [2.05, 4.69) is 23.1 Å². The van der Waals surface area contributed by atoms with Gasteiger partial charge in [-0.15, -0.1) is 9.45 Å². The predicted molar refractivity (Wildman–Crippen MR) is 102 cm³/mol. The summed E-state index contributed by atoms with van der Waals surface area (Å²) in [4.78, 5) is 0. The van der Waals surface area contributed by atoms with Crippen LogP contribution < -0.4 is 10.6 Å². The molecule has 4 N–H and O–H groups in total. The number of amidine groups is 2. The highest BCUT2D eigenvalue weighted by atomic mass is 32.8. The topological polar surface area (TPSA) is 71.8 Å². The van der Waals surface area contributed by atoms with Gasteiger partial charge in [0.15, 0.2) is 0 Å². The van der Waals surface area contributed by atoms with Crippen LogP contribution in [0, 0.1) is 10.8 Å². The molecule has 0 unspecified atom stereocenters. The molecule has 0 saturated heterocycles. The van der Waals surface area contributed by atoms with E-state index in [1.165, 1.54) is 0 Å². The first-order valence-corrected chi connectivity index (χ1v) is 11.8. The first-order valence-electron chi connectivity index (χ1n) is 6.55. The zero-order chi connectivity index (χ0) is 15.2. The molecule has 8 heteroatoms.